The molecule has 0 aliphatic carbocycles. The predicted octanol–water partition coefficient (Wildman–Crippen LogP) is 0.438. The van der Waals surface area contributed by atoms with Crippen molar-refractivity contribution in [3.8, 4) is 0 Å². The quantitative estimate of drug-likeness (QED) is 0.474. The number of carbonyl (C=O) groups excluding carboxylic acids is 1. The third kappa shape index (κ3) is 2.23. The minimum Gasteiger partial charge on any atom is -0.462 e. The minimum absolute atomic E-state index is 0.0464. The lowest BCUT2D eigenvalue weighted by atomic mass is 10.0. The van der Waals surface area contributed by atoms with Crippen LogP contribution in [0.2, 0.25) is 0 Å². The van der Waals surface area contributed by atoms with E-state index < -0.39 is 11.5 Å². The second-order valence-electron chi connectivity index (χ2n) is 4.35. The fraction of sp³-hybridized carbons (Fsp3) is 0.500. The Morgan fingerprint density at radius 1 is 1.68 bits per heavy atom. The maximum absolute atomic E-state index is 12.3. The van der Waals surface area contributed by atoms with Crippen LogP contribution < -0.4 is 11.4 Å². The molecule has 102 valence electrons. The SMILES string of the molecule is CCOC(=O)c1cnc2n(c1=O)C(C)CCC2=NN. The Kier molecular flexibility index (Phi) is 3.64. The maximum atomic E-state index is 12.3. The second kappa shape index (κ2) is 5.21. The zero-order valence-electron chi connectivity index (χ0n) is 10.9. The van der Waals surface area contributed by atoms with Crippen molar-refractivity contribution in [3.05, 3.63) is 27.9 Å². The number of ether oxygens (including phenoxy) is 1. The van der Waals surface area contributed by atoms with E-state index in [9.17, 15) is 9.59 Å². The third-order valence-electron chi connectivity index (χ3n) is 3.14. The average Bonchev–Trinajstić information content (AvgIpc) is 2.39. The van der Waals surface area contributed by atoms with Crippen molar-refractivity contribution < 1.29 is 9.53 Å². The predicted molar refractivity (Wildman–Crippen MR) is 69.1 cm³/mol. The number of carbonyl (C=O) groups is 1. The van der Waals surface area contributed by atoms with Gasteiger partial charge < -0.3 is 10.6 Å². The van der Waals surface area contributed by atoms with Crippen molar-refractivity contribution in [1.29, 1.82) is 0 Å². The first kappa shape index (κ1) is 13.3. The van der Waals surface area contributed by atoms with Gasteiger partial charge in [0.25, 0.3) is 5.56 Å². The molecule has 0 saturated heterocycles. The van der Waals surface area contributed by atoms with Crippen LogP contribution in [0.25, 0.3) is 0 Å². The standard InChI is InChI=1S/C12H16N4O3/c1-3-19-12(18)8-6-14-10-9(15-13)5-4-7(2)16(10)11(8)17/h6-7H,3-5,13H2,1-2H3. The van der Waals surface area contributed by atoms with Gasteiger partial charge in [0.1, 0.15) is 11.3 Å². The number of hydrogen-bond acceptors (Lipinski definition) is 6. The van der Waals surface area contributed by atoms with Crippen LogP contribution in [-0.2, 0) is 4.74 Å². The average molecular weight is 264 g/mol. The number of hydrazone groups is 1. The van der Waals surface area contributed by atoms with E-state index in [1.54, 1.807) is 6.92 Å². The smallest absolute Gasteiger partial charge is 0.345 e. The highest BCUT2D eigenvalue weighted by atomic mass is 16.5. The molecule has 19 heavy (non-hydrogen) atoms. The number of nitrogens with two attached hydrogens (primary N) is 1. The summed E-state index contributed by atoms with van der Waals surface area (Å²) in [5, 5.41) is 3.65. The lowest BCUT2D eigenvalue weighted by Gasteiger charge is -2.24. The largest absolute Gasteiger partial charge is 0.462 e. The number of esters is 1. The van der Waals surface area contributed by atoms with Gasteiger partial charge in [-0.05, 0) is 26.7 Å². The number of aromatic nitrogens is 2. The Labute approximate surface area is 110 Å². The molecule has 2 heterocycles. The molecule has 1 atom stereocenters. The molecule has 1 aromatic rings. The summed E-state index contributed by atoms with van der Waals surface area (Å²) in [6, 6.07) is -0.0464. The highest BCUT2D eigenvalue weighted by Crippen LogP contribution is 2.21. The molecule has 1 aromatic heterocycles. The molecular weight excluding hydrogens is 248 g/mol. The Hall–Kier alpha value is -2.18. The van der Waals surface area contributed by atoms with Crippen molar-refractivity contribution in [3.63, 3.8) is 0 Å². The second-order valence-corrected chi connectivity index (χ2v) is 4.35. The van der Waals surface area contributed by atoms with Crippen molar-refractivity contribution in [2.75, 3.05) is 6.61 Å². The molecule has 7 heteroatoms. The number of rotatable bonds is 2. The summed E-state index contributed by atoms with van der Waals surface area (Å²) >= 11 is 0. The molecule has 7 nitrogen and oxygen atoms in total. The first-order valence-corrected chi connectivity index (χ1v) is 6.16. The van der Waals surface area contributed by atoms with Crippen LogP contribution in [-0.4, -0.2) is 27.8 Å². The Balaban J connectivity index is 2.58. The van der Waals surface area contributed by atoms with Gasteiger partial charge in [-0.2, -0.15) is 5.10 Å². The van der Waals surface area contributed by atoms with E-state index in [1.165, 1.54) is 10.8 Å². The van der Waals surface area contributed by atoms with Crippen LogP contribution in [0, 0.1) is 0 Å². The summed E-state index contributed by atoms with van der Waals surface area (Å²) in [6.07, 6.45) is 2.63. The first-order valence-electron chi connectivity index (χ1n) is 6.16. The van der Waals surface area contributed by atoms with Crippen molar-refractivity contribution in [1.82, 2.24) is 9.55 Å². The fourth-order valence-electron chi connectivity index (χ4n) is 2.15. The topological polar surface area (TPSA) is 99.6 Å². The van der Waals surface area contributed by atoms with Gasteiger partial charge in [0.05, 0.1) is 6.61 Å². The molecule has 2 N–H and O–H groups in total. The van der Waals surface area contributed by atoms with Crippen LogP contribution >= 0.6 is 0 Å². The molecule has 0 spiro atoms. The molecule has 0 amide bonds. The monoisotopic (exact) mass is 264 g/mol. The zero-order valence-corrected chi connectivity index (χ0v) is 10.9. The summed E-state index contributed by atoms with van der Waals surface area (Å²) < 4.78 is 6.30. The fourth-order valence-corrected chi connectivity index (χ4v) is 2.15. The van der Waals surface area contributed by atoms with Gasteiger partial charge in [-0.25, -0.2) is 9.78 Å². The third-order valence-corrected chi connectivity index (χ3v) is 3.14. The zero-order chi connectivity index (χ0) is 14.0. The van der Waals surface area contributed by atoms with E-state index >= 15 is 0 Å². The number of fused-ring (bicyclic) bond motifs is 1. The molecule has 1 aliphatic heterocycles. The van der Waals surface area contributed by atoms with Gasteiger partial charge in [-0.3, -0.25) is 9.36 Å². The summed E-state index contributed by atoms with van der Waals surface area (Å²) in [6.45, 7) is 3.79. The van der Waals surface area contributed by atoms with Crippen LogP contribution in [0.4, 0.5) is 0 Å². The highest BCUT2D eigenvalue weighted by molar-refractivity contribution is 5.98. The summed E-state index contributed by atoms with van der Waals surface area (Å²) in [4.78, 5) is 28.1. The molecule has 1 aliphatic rings. The minimum atomic E-state index is -0.653. The molecule has 0 fully saturated rings. The van der Waals surface area contributed by atoms with Gasteiger partial charge in [-0.1, -0.05) is 0 Å². The van der Waals surface area contributed by atoms with Gasteiger partial charge >= 0.3 is 5.97 Å². The summed E-state index contributed by atoms with van der Waals surface area (Å²) in [5.74, 6) is 5.08. The van der Waals surface area contributed by atoms with E-state index in [1.807, 2.05) is 6.92 Å². The van der Waals surface area contributed by atoms with Crippen LogP contribution in [0.1, 0.15) is 48.9 Å². The van der Waals surface area contributed by atoms with Crippen LogP contribution in [0.15, 0.2) is 16.1 Å². The van der Waals surface area contributed by atoms with Gasteiger partial charge in [0.15, 0.2) is 5.82 Å². The Morgan fingerprint density at radius 2 is 2.42 bits per heavy atom. The van der Waals surface area contributed by atoms with E-state index in [4.69, 9.17) is 10.6 Å². The Bertz CT molecular complexity index is 591. The van der Waals surface area contributed by atoms with Crippen LogP contribution in [0.3, 0.4) is 0 Å². The number of hydrogen-bond donors (Lipinski definition) is 1. The van der Waals surface area contributed by atoms with E-state index in [2.05, 4.69) is 10.1 Å². The molecule has 1 unspecified atom stereocenters. The van der Waals surface area contributed by atoms with Gasteiger partial charge in [0.2, 0.25) is 0 Å². The number of nitrogens with zero attached hydrogens (tertiary/aromatic N) is 3. The lowest BCUT2D eigenvalue weighted by Crippen LogP contribution is -2.37. The molecule has 0 bridgehead atoms. The molecule has 0 aromatic carbocycles. The Morgan fingerprint density at radius 3 is 3.05 bits per heavy atom. The maximum Gasteiger partial charge on any atom is 0.345 e. The summed E-state index contributed by atoms with van der Waals surface area (Å²) in [5.41, 5.74) is 0.109. The first-order chi connectivity index (χ1) is 9.10. The lowest BCUT2D eigenvalue weighted by molar-refractivity contribution is 0.0522. The highest BCUT2D eigenvalue weighted by Gasteiger charge is 2.26. The van der Waals surface area contributed by atoms with E-state index in [0.29, 0.717) is 18.0 Å². The van der Waals surface area contributed by atoms with Crippen molar-refractivity contribution >= 4 is 11.7 Å². The summed E-state index contributed by atoms with van der Waals surface area (Å²) in [7, 11) is 0. The van der Waals surface area contributed by atoms with E-state index in [0.717, 1.165) is 6.42 Å². The van der Waals surface area contributed by atoms with E-state index in [-0.39, 0.29) is 18.2 Å². The van der Waals surface area contributed by atoms with Gasteiger partial charge in [0, 0.05) is 12.2 Å². The molecule has 0 saturated carbocycles. The van der Waals surface area contributed by atoms with Gasteiger partial charge in [-0.15, -0.1) is 0 Å². The molecular formula is C12H16N4O3. The van der Waals surface area contributed by atoms with Crippen molar-refractivity contribution in [2.24, 2.45) is 10.9 Å². The normalized spacial score (nSPS) is 20.1. The van der Waals surface area contributed by atoms with Crippen LogP contribution in [0.5, 0.6) is 0 Å². The molecule has 0 radical (unpaired) electrons. The van der Waals surface area contributed by atoms with Crippen molar-refractivity contribution in [2.45, 2.75) is 32.7 Å². The molecule has 2 rings (SSSR count).